The van der Waals surface area contributed by atoms with E-state index in [1.54, 1.807) is 0 Å². The van der Waals surface area contributed by atoms with E-state index in [1.165, 1.54) is 59.9 Å². The Balaban J connectivity index is 1.08. The Labute approximate surface area is 370 Å². The number of allylic oxidation sites excluding steroid dienone is 1. The maximum absolute atomic E-state index is 7.08. The molecule has 0 atom stereocenters. The molecule has 13 rings (SSSR count). The number of anilines is 3. The zero-order valence-electron chi connectivity index (χ0n) is 34.9. The Morgan fingerprint density at radius 1 is 0.438 bits per heavy atom. The van der Waals surface area contributed by atoms with E-state index in [9.17, 15) is 0 Å². The molecule has 0 N–H and O–H groups in total. The highest BCUT2D eigenvalue weighted by Crippen LogP contribution is 2.50. The lowest BCUT2D eigenvalue weighted by atomic mass is 9.88. The summed E-state index contributed by atoms with van der Waals surface area (Å²) in [7, 11) is 0. The van der Waals surface area contributed by atoms with Crippen molar-refractivity contribution >= 4 is 105 Å². The van der Waals surface area contributed by atoms with Crippen molar-refractivity contribution in [3.05, 3.63) is 241 Å². The summed E-state index contributed by atoms with van der Waals surface area (Å²) in [6.45, 7) is 0. The molecule has 2 heterocycles. The van der Waals surface area contributed by atoms with Crippen LogP contribution in [0.25, 0.3) is 93.4 Å². The normalized spacial score (nSPS) is 12.2. The molecule has 0 aliphatic rings. The lowest BCUT2D eigenvalue weighted by Crippen LogP contribution is -2.09. The van der Waals surface area contributed by atoms with Crippen LogP contribution in [0.5, 0.6) is 0 Å². The van der Waals surface area contributed by atoms with Crippen molar-refractivity contribution in [3.8, 4) is 5.69 Å². The van der Waals surface area contributed by atoms with Crippen molar-refractivity contribution in [3.63, 3.8) is 0 Å². The smallest absolute Gasteiger partial charge is 0.143 e. The molecule has 64 heavy (non-hydrogen) atoms. The third kappa shape index (κ3) is 5.68. The second-order valence-electron chi connectivity index (χ2n) is 16.8. The van der Waals surface area contributed by atoms with Crippen LogP contribution in [0.1, 0.15) is 16.7 Å². The van der Waals surface area contributed by atoms with Crippen LogP contribution in [0.2, 0.25) is 0 Å². The van der Waals surface area contributed by atoms with Gasteiger partial charge in [0.1, 0.15) is 11.2 Å². The Hall–Kier alpha value is -8.40. The van der Waals surface area contributed by atoms with Gasteiger partial charge >= 0.3 is 0 Å². The minimum absolute atomic E-state index is 0.838. The highest BCUT2D eigenvalue weighted by molar-refractivity contribution is 6.43. The number of rotatable bonds is 8. The average molecular weight is 817 g/mol. The minimum Gasteiger partial charge on any atom is -0.455 e. The van der Waals surface area contributed by atoms with E-state index >= 15 is 0 Å². The van der Waals surface area contributed by atoms with E-state index in [4.69, 9.17) is 4.42 Å². The summed E-state index contributed by atoms with van der Waals surface area (Å²) in [4.78, 5) is 2.35. The molecule has 0 aliphatic carbocycles. The fourth-order valence-corrected chi connectivity index (χ4v) is 10.4. The third-order valence-electron chi connectivity index (χ3n) is 13.1. The van der Waals surface area contributed by atoms with Gasteiger partial charge in [-0.3, -0.25) is 0 Å². The van der Waals surface area contributed by atoms with Crippen LogP contribution in [0.3, 0.4) is 0 Å². The molecular weight excluding hydrogens is 777 g/mol. The Kier molecular flexibility index (Phi) is 8.28. The lowest BCUT2D eigenvalue weighted by molar-refractivity contribution is 0.673. The summed E-state index contributed by atoms with van der Waals surface area (Å²) in [5.74, 6) is 0. The SMILES string of the molecule is C(=C(\Cc1ccccc1)c1ccccc1)/c1ccc2c(c1)oc1c3cccc4c3c3c(cccc3c3c4c4ccc(N(c5ccccc5)c5ccccc5)cc4n3-c3ccccc3)c21. The highest BCUT2D eigenvalue weighted by Gasteiger charge is 2.25. The molecule has 0 bridgehead atoms. The van der Waals surface area contributed by atoms with Crippen molar-refractivity contribution in [2.45, 2.75) is 6.42 Å². The van der Waals surface area contributed by atoms with Gasteiger partial charge in [-0.15, -0.1) is 0 Å². The van der Waals surface area contributed by atoms with Gasteiger partial charge in [-0.2, -0.15) is 0 Å². The summed E-state index contributed by atoms with van der Waals surface area (Å²) in [6, 6.07) is 81.0. The van der Waals surface area contributed by atoms with E-state index in [-0.39, 0.29) is 0 Å². The first-order chi connectivity index (χ1) is 31.8. The maximum atomic E-state index is 7.08. The van der Waals surface area contributed by atoms with Crippen LogP contribution in [-0.4, -0.2) is 4.57 Å². The lowest BCUT2D eigenvalue weighted by Gasteiger charge is -2.25. The van der Waals surface area contributed by atoms with Crippen LogP contribution in [0, 0.1) is 0 Å². The van der Waals surface area contributed by atoms with Gasteiger partial charge in [-0.05, 0) is 100 Å². The van der Waals surface area contributed by atoms with Crippen LogP contribution in [0.15, 0.2) is 229 Å². The minimum atomic E-state index is 0.838. The van der Waals surface area contributed by atoms with E-state index < -0.39 is 0 Å². The molecule has 13 aromatic rings. The zero-order valence-corrected chi connectivity index (χ0v) is 34.9. The van der Waals surface area contributed by atoms with Crippen LogP contribution in [0.4, 0.5) is 17.1 Å². The Morgan fingerprint density at radius 3 is 1.72 bits per heavy atom. The molecule has 3 heteroatoms. The summed E-state index contributed by atoms with van der Waals surface area (Å²) in [5.41, 5.74) is 13.5. The summed E-state index contributed by atoms with van der Waals surface area (Å²) in [6.07, 6.45) is 3.16. The zero-order chi connectivity index (χ0) is 42.1. The number of para-hydroxylation sites is 3. The predicted octanol–water partition coefficient (Wildman–Crippen LogP) is 16.8. The average Bonchev–Trinajstić information content (AvgIpc) is 3.92. The number of furan rings is 1. The van der Waals surface area contributed by atoms with Gasteiger partial charge in [0.05, 0.1) is 11.0 Å². The monoisotopic (exact) mass is 816 g/mol. The predicted molar refractivity (Wildman–Crippen MR) is 271 cm³/mol. The first-order valence-electron chi connectivity index (χ1n) is 22.1. The van der Waals surface area contributed by atoms with Crippen LogP contribution >= 0.6 is 0 Å². The van der Waals surface area contributed by atoms with Gasteiger partial charge in [-0.1, -0.05) is 170 Å². The largest absolute Gasteiger partial charge is 0.455 e. The fourth-order valence-electron chi connectivity index (χ4n) is 10.4. The molecule has 0 fully saturated rings. The van der Waals surface area contributed by atoms with Crippen molar-refractivity contribution in [1.82, 2.24) is 4.57 Å². The third-order valence-corrected chi connectivity index (χ3v) is 13.1. The molecule has 0 unspecified atom stereocenters. The molecule has 3 nitrogen and oxygen atoms in total. The Bertz CT molecular complexity index is 3850. The van der Waals surface area contributed by atoms with Gasteiger partial charge in [-0.25, -0.2) is 0 Å². The van der Waals surface area contributed by atoms with Crippen molar-refractivity contribution in [2.75, 3.05) is 4.90 Å². The van der Waals surface area contributed by atoms with E-state index in [1.807, 2.05) is 0 Å². The van der Waals surface area contributed by atoms with E-state index in [0.29, 0.717) is 0 Å². The molecule has 0 saturated carbocycles. The maximum Gasteiger partial charge on any atom is 0.143 e. The topological polar surface area (TPSA) is 21.3 Å². The summed E-state index contributed by atoms with van der Waals surface area (Å²) < 4.78 is 9.57. The molecule has 2 aromatic heterocycles. The molecule has 300 valence electrons. The van der Waals surface area contributed by atoms with E-state index in [2.05, 4.69) is 240 Å². The van der Waals surface area contributed by atoms with Crippen molar-refractivity contribution < 1.29 is 4.42 Å². The molecule has 11 aromatic carbocycles. The number of hydrogen-bond acceptors (Lipinski definition) is 2. The number of fused-ring (bicyclic) bond motifs is 10. The standard InChI is InChI=1S/C61H40N2O/c1-6-18-40(19-7-1)36-43(42-20-8-2-9-21-42)37-41-32-34-49-55(38-41)64-61-53-31-17-28-50-57(53)56-51(59(49)61)29-16-30-52(56)60-58(50)48-35-33-47(39-54(48)63(60)46-26-14-5-15-27-46)62(44-22-10-3-11-23-44)45-24-12-4-13-25-45/h1-35,37-39H,36H2/b43-37-. The van der Waals surface area contributed by atoms with Gasteiger partial charge in [0.25, 0.3) is 0 Å². The van der Waals surface area contributed by atoms with Crippen LogP contribution < -0.4 is 4.90 Å². The molecule has 0 amide bonds. The number of aromatic nitrogens is 1. The molecule has 0 aliphatic heterocycles. The second-order valence-corrected chi connectivity index (χ2v) is 16.8. The highest BCUT2D eigenvalue weighted by atomic mass is 16.3. The number of benzene rings is 11. The van der Waals surface area contributed by atoms with Gasteiger partial charge < -0.3 is 13.9 Å². The fraction of sp³-hybridized carbons (Fsp3) is 0.0164. The number of nitrogens with zero attached hydrogens (tertiary/aromatic N) is 2. The Morgan fingerprint density at radius 2 is 1.02 bits per heavy atom. The first-order valence-corrected chi connectivity index (χ1v) is 22.1. The van der Waals surface area contributed by atoms with Crippen LogP contribution in [-0.2, 0) is 6.42 Å². The quantitative estimate of drug-likeness (QED) is 0.113. The molecule has 0 saturated heterocycles. The van der Waals surface area contributed by atoms with E-state index in [0.717, 1.165) is 67.6 Å². The first kappa shape index (κ1) is 36.3. The summed E-state index contributed by atoms with van der Waals surface area (Å²) >= 11 is 0. The number of hydrogen-bond donors (Lipinski definition) is 0. The second kappa shape index (κ2) is 14.6. The van der Waals surface area contributed by atoms with Gasteiger partial charge in [0.15, 0.2) is 0 Å². The van der Waals surface area contributed by atoms with Crippen molar-refractivity contribution in [1.29, 1.82) is 0 Å². The van der Waals surface area contributed by atoms with Gasteiger partial charge in [0, 0.05) is 65.8 Å². The molecular formula is C61H40N2O. The van der Waals surface area contributed by atoms with Gasteiger partial charge in [0.2, 0.25) is 0 Å². The molecule has 0 radical (unpaired) electrons. The summed E-state index contributed by atoms with van der Waals surface area (Å²) in [5, 5.41) is 12.1. The van der Waals surface area contributed by atoms with Crippen molar-refractivity contribution in [2.24, 2.45) is 0 Å². The molecule has 0 spiro atoms.